The van der Waals surface area contributed by atoms with Crippen molar-refractivity contribution < 1.29 is 14.6 Å². The summed E-state index contributed by atoms with van der Waals surface area (Å²) in [7, 11) is 1.49. The predicted octanol–water partition coefficient (Wildman–Crippen LogP) is 3.77. The van der Waals surface area contributed by atoms with E-state index in [0.717, 1.165) is 17.7 Å². The van der Waals surface area contributed by atoms with E-state index in [1.54, 1.807) is 24.3 Å². The molecule has 0 aliphatic carbocycles. The van der Waals surface area contributed by atoms with Gasteiger partial charge in [0.2, 0.25) is 0 Å². The van der Waals surface area contributed by atoms with Crippen LogP contribution >= 0.6 is 0 Å². The maximum atomic E-state index is 12.8. The molecule has 0 atom stereocenters. The highest BCUT2D eigenvalue weighted by Gasteiger charge is 2.28. The van der Waals surface area contributed by atoms with Crippen LogP contribution in [0.15, 0.2) is 53.1 Å². The minimum atomic E-state index is -0.172. The quantitative estimate of drug-likeness (QED) is 0.865. The van der Waals surface area contributed by atoms with E-state index in [2.05, 4.69) is 12.0 Å². The number of nitrogens with zero attached hydrogens (tertiary/aromatic N) is 2. The van der Waals surface area contributed by atoms with Gasteiger partial charge in [-0.2, -0.15) is 10.1 Å². The molecule has 5 nitrogen and oxygen atoms in total. The Labute approximate surface area is 146 Å². The van der Waals surface area contributed by atoms with Gasteiger partial charge in [-0.25, -0.2) is 0 Å². The average molecular weight is 336 g/mol. The molecule has 0 aromatic heterocycles. The van der Waals surface area contributed by atoms with Crippen molar-refractivity contribution in [2.45, 2.75) is 20.3 Å². The molecular formula is C20H20N2O3. The molecule has 1 aliphatic rings. The van der Waals surface area contributed by atoms with Crippen molar-refractivity contribution in [3.05, 3.63) is 59.2 Å². The number of ether oxygens (including phenoxy) is 1. The molecule has 2 aromatic rings. The third-order valence-corrected chi connectivity index (χ3v) is 4.17. The fraction of sp³-hybridized carbons (Fsp3) is 0.200. The van der Waals surface area contributed by atoms with Crippen LogP contribution in [0.1, 0.15) is 25.0 Å². The third kappa shape index (κ3) is 3.26. The van der Waals surface area contributed by atoms with Crippen LogP contribution in [-0.2, 0) is 11.2 Å². The van der Waals surface area contributed by atoms with Gasteiger partial charge in [-0.1, -0.05) is 25.1 Å². The lowest BCUT2D eigenvalue weighted by atomic mass is 10.1. The number of carbonyl (C=O) groups is 1. The van der Waals surface area contributed by atoms with Crippen LogP contribution in [0.5, 0.6) is 11.5 Å². The van der Waals surface area contributed by atoms with E-state index in [9.17, 15) is 9.90 Å². The first-order valence-corrected chi connectivity index (χ1v) is 8.11. The van der Waals surface area contributed by atoms with E-state index in [1.165, 1.54) is 17.7 Å². The summed E-state index contributed by atoms with van der Waals surface area (Å²) < 4.78 is 5.11. The zero-order chi connectivity index (χ0) is 18.0. The number of benzene rings is 2. The molecule has 25 heavy (non-hydrogen) atoms. The second-order valence-electron chi connectivity index (χ2n) is 5.81. The molecule has 0 unspecified atom stereocenters. The van der Waals surface area contributed by atoms with Crippen molar-refractivity contribution in [3.8, 4) is 11.5 Å². The molecule has 0 saturated heterocycles. The van der Waals surface area contributed by atoms with Crippen molar-refractivity contribution >= 4 is 23.4 Å². The molecule has 1 heterocycles. The van der Waals surface area contributed by atoms with Crippen molar-refractivity contribution in [2.24, 2.45) is 5.10 Å². The first-order valence-electron chi connectivity index (χ1n) is 8.11. The third-order valence-electron chi connectivity index (χ3n) is 4.17. The molecule has 3 rings (SSSR count). The summed E-state index contributed by atoms with van der Waals surface area (Å²) in [6, 6.07) is 12.8. The monoisotopic (exact) mass is 336 g/mol. The number of aromatic hydroxyl groups is 1. The Morgan fingerprint density at radius 1 is 1.20 bits per heavy atom. The molecule has 0 saturated carbocycles. The number of hydrogen-bond acceptors (Lipinski definition) is 4. The van der Waals surface area contributed by atoms with E-state index >= 15 is 0 Å². The van der Waals surface area contributed by atoms with Gasteiger partial charge in [0.05, 0.1) is 24.1 Å². The van der Waals surface area contributed by atoms with Gasteiger partial charge < -0.3 is 9.84 Å². The highest BCUT2D eigenvalue weighted by molar-refractivity contribution is 6.32. The van der Waals surface area contributed by atoms with Crippen LogP contribution in [0.2, 0.25) is 0 Å². The molecule has 0 bridgehead atoms. The molecule has 1 amide bonds. The van der Waals surface area contributed by atoms with Crippen molar-refractivity contribution in [2.75, 3.05) is 12.1 Å². The lowest BCUT2D eigenvalue weighted by Crippen LogP contribution is -2.21. The Kier molecular flexibility index (Phi) is 4.57. The first-order chi connectivity index (χ1) is 12.0. The summed E-state index contributed by atoms with van der Waals surface area (Å²) in [5.41, 5.74) is 3.89. The van der Waals surface area contributed by atoms with E-state index < -0.39 is 0 Å². The van der Waals surface area contributed by atoms with Crippen LogP contribution in [0.3, 0.4) is 0 Å². The van der Waals surface area contributed by atoms with Crippen molar-refractivity contribution in [1.82, 2.24) is 0 Å². The Balaban J connectivity index is 1.91. The molecule has 128 valence electrons. The summed E-state index contributed by atoms with van der Waals surface area (Å²) in [5.74, 6) is 0.251. The summed E-state index contributed by atoms with van der Waals surface area (Å²) >= 11 is 0. The van der Waals surface area contributed by atoms with Gasteiger partial charge in [-0.15, -0.1) is 0 Å². The first kappa shape index (κ1) is 16.8. The predicted molar refractivity (Wildman–Crippen MR) is 99.1 cm³/mol. The number of phenolic OH excluding ortho intramolecular Hbond substituents is 1. The van der Waals surface area contributed by atoms with Crippen molar-refractivity contribution in [3.63, 3.8) is 0 Å². The standard InChI is InChI=1S/C20H20N2O3/c1-4-14-5-8-16(9-6-14)22-20(24)17(13(2)21-22)11-15-7-10-18(23)19(12-15)25-3/h5-12,23H,4H2,1-3H3/b17-11-. The molecule has 0 radical (unpaired) electrons. The second kappa shape index (κ2) is 6.81. The SMILES string of the molecule is CCc1ccc(N2N=C(C)/C(=C/c3ccc(O)c(OC)c3)C2=O)cc1. The molecule has 1 N–H and O–H groups in total. The van der Waals surface area contributed by atoms with Gasteiger partial charge in [-0.3, -0.25) is 4.79 Å². The number of aryl methyl sites for hydroxylation is 1. The molecule has 5 heteroatoms. The fourth-order valence-corrected chi connectivity index (χ4v) is 2.68. The normalized spacial score (nSPS) is 15.6. The number of hydrogen-bond donors (Lipinski definition) is 1. The van der Waals surface area contributed by atoms with Crippen LogP contribution in [0, 0.1) is 0 Å². The number of phenols is 1. The van der Waals surface area contributed by atoms with Crippen LogP contribution in [-0.4, -0.2) is 23.8 Å². The topological polar surface area (TPSA) is 62.1 Å². The number of hydrazone groups is 1. The Hall–Kier alpha value is -3.08. The largest absolute Gasteiger partial charge is 0.504 e. The lowest BCUT2D eigenvalue weighted by Gasteiger charge is -2.12. The smallest absolute Gasteiger partial charge is 0.280 e. The maximum Gasteiger partial charge on any atom is 0.280 e. The van der Waals surface area contributed by atoms with E-state index in [0.29, 0.717) is 17.0 Å². The highest BCUT2D eigenvalue weighted by Crippen LogP contribution is 2.29. The van der Waals surface area contributed by atoms with Gasteiger partial charge in [0, 0.05) is 0 Å². The minimum Gasteiger partial charge on any atom is -0.504 e. The molecule has 2 aromatic carbocycles. The number of rotatable bonds is 4. The minimum absolute atomic E-state index is 0.0606. The van der Waals surface area contributed by atoms with E-state index in [-0.39, 0.29) is 11.7 Å². The number of amides is 1. The van der Waals surface area contributed by atoms with Gasteiger partial charge >= 0.3 is 0 Å². The van der Waals surface area contributed by atoms with Gasteiger partial charge in [0.1, 0.15) is 0 Å². The van der Waals surface area contributed by atoms with Crippen LogP contribution in [0.25, 0.3) is 6.08 Å². The number of carbonyl (C=O) groups excluding carboxylic acids is 1. The summed E-state index contributed by atoms with van der Waals surface area (Å²) in [4.78, 5) is 12.8. The van der Waals surface area contributed by atoms with E-state index in [4.69, 9.17) is 4.74 Å². The second-order valence-corrected chi connectivity index (χ2v) is 5.81. The average Bonchev–Trinajstić information content (AvgIpc) is 2.91. The Bertz CT molecular complexity index is 867. The van der Waals surface area contributed by atoms with Crippen LogP contribution in [0.4, 0.5) is 5.69 Å². The number of methoxy groups -OCH3 is 1. The Morgan fingerprint density at radius 3 is 2.56 bits per heavy atom. The summed E-state index contributed by atoms with van der Waals surface area (Å²) in [5, 5.41) is 15.5. The molecule has 0 spiro atoms. The number of anilines is 1. The van der Waals surface area contributed by atoms with Gasteiger partial charge in [0.25, 0.3) is 5.91 Å². The van der Waals surface area contributed by atoms with Gasteiger partial charge in [-0.05, 0) is 54.8 Å². The highest BCUT2D eigenvalue weighted by atomic mass is 16.5. The van der Waals surface area contributed by atoms with Gasteiger partial charge in [0.15, 0.2) is 11.5 Å². The zero-order valence-electron chi connectivity index (χ0n) is 14.5. The molecular weight excluding hydrogens is 316 g/mol. The maximum absolute atomic E-state index is 12.8. The van der Waals surface area contributed by atoms with E-state index in [1.807, 2.05) is 31.2 Å². The molecule has 0 fully saturated rings. The molecule has 1 aliphatic heterocycles. The van der Waals surface area contributed by atoms with Crippen molar-refractivity contribution in [1.29, 1.82) is 0 Å². The Morgan fingerprint density at radius 2 is 1.92 bits per heavy atom. The lowest BCUT2D eigenvalue weighted by molar-refractivity contribution is -0.114. The fourth-order valence-electron chi connectivity index (χ4n) is 2.68. The zero-order valence-corrected chi connectivity index (χ0v) is 14.5. The summed E-state index contributed by atoms with van der Waals surface area (Å²) in [6.07, 6.45) is 2.70. The van der Waals surface area contributed by atoms with Crippen LogP contribution < -0.4 is 9.75 Å². The summed E-state index contributed by atoms with van der Waals surface area (Å²) in [6.45, 7) is 3.90.